The lowest BCUT2D eigenvalue weighted by molar-refractivity contribution is 1.09. The van der Waals surface area contributed by atoms with Crippen molar-refractivity contribution in [1.29, 1.82) is 0 Å². The van der Waals surface area contributed by atoms with Crippen molar-refractivity contribution in [3.8, 4) is 11.4 Å². The van der Waals surface area contributed by atoms with Gasteiger partial charge in [0, 0.05) is 25.1 Å². The number of pyridine rings is 2. The van der Waals surface area contributed by atoms with E-state index in [1.807, 2.05) is 30.3 Å². The van der Waals surface area contributed by atoms with Crippen LogP contribution >= 0.6 is 0 Å². The Balaban J connectivity index is 1.67. The maximum Gasteiger partial charge on any atom is 0.142 e. The van der Waals surface area contributed by atoms with Crippen LogP contribution in [0.25, 0.3) is 22.4 Å². The second-order valence-electron chi connectivity index (χ2n) is 5.71. The average molecular weight is 315 g/mol. The molecule has 1 aromatic carbocycles. The lowest BCUT2D eigenvalue weighted by atomic mass is 10.2. The van der Waals surface area contributed by atoms with Gasteiger partial charge in [-0.05, 0) is 54.4 Å². The third kappa shape index (κ3) is 2.84. The van der Waals surface area contributed by atoms with Crippen LogP contribution in [-0.4, -0.2) is 19.9 Å². The number of benzene rings is 1. The van der Waals surface area contributed by atoms with Crippen molar-refractivity contribution in [3.05, 3.63) is 72.2 Å². The second kappa shape index (κ2) is 6.12. The van der Waals surface area contributed by atoms with Crippen molar-refractivity contribution >= 4 is 16.9 Å². The maximum atomic E-state index is 4.69. The lowest BCUT2D eigenvalue weighted by Gasteiger charge is -2.09. The topological polar surface area (TPSA) is 66.5 Å². The van der Waals surface area contributed by atoms with Gasteiger partial charge in [-0.2, -0.15) is 0 Å². The van der Waals surface area contributed by atoms with E-state index in [1.54, 1.807) is 18.6 Å². The minimum absolute atomic E-state index is 0.686. The molecule has 0 unspecified atom stereocenters. The fourth-order valence-corrected chi connectivity index (χ4v) is 2.67. The SMILES string of the molecule is Cc1ccc2nc(-c3cccnc3NCc3ccncc3)[nH]c2c1. The van der Waals surface area contributed by atoms with Crippen molar-refractivity contribution in [3.63, 3.8) is 0 Å². The van der Waals surface area contributed by atoms with E-state index < -0.39 is 0 Å². The zero-order chi connectivity index (χ0) is 16.4. The Bertz CT molecular complexity index is 975. The number of rotatable bonds is 4. The third-order valence-electron chi connectivity index (χ3n) is 3.91. The molecule has 0 amide bonds. The van der Waals surface area contributed by atoms with Crippen LogP contribution in [0.1, 0.15) is 11.1 Å². The molecule has 0 saturated carbocycles. The smallest absolute Gasteiger partial charge is 0.142 e. The van der Waals surface area contributed by atoms with Crippen LogP contribution in [0.3, 0.4) is 0 Å². The fourth-order valence-electron chi connectivity index (χ4n) is 2.67. The molecule has 0 aliphatic carbocycles. The summed E-state index contributed by atoms with van der Waals surface area (Å²) in [5.74, 6) is 1.63. The summed E-state index contributed by atoms with van der Waals surface area (Å²) in [6.07, 6.45) is 5.36. The Morgan fingerprint density at radius 2 is 1.92 bits per heavy atom. The molecule has 3 aromatic heterocycles. The van der Waals surface area contributed by atoms with E-state index in [4.69, 9.17) is 4.98 Å². The van der Waals surface area contributed by atoms with Gasteiger partial charge in [-0.3, -0.25) is 4.98 Å². The van der Waals surface area contributed by atoms with Crippen molar-refractivity contribution in [2.24, 2.45) is 0 Å². The highest BCUT2D eigenvalue weighted by Gasteiger charge is 2.10. The van der Waals surface area contributed by atoms with Crippen molar-refractivity contribution in [2.75, 3.05) is 5.32 Å². The fraction of sp³-hybridized carbons (Fsp3) is 0.105. The number of nitrogens with one attached hydrogen (secondary N) is 2. The number of nitrogens with zero attached hydrogens (tertiary/aromatic N) is 3. The first-order chi connectivity index (χ1) is 11.8. The number of hydrogen-bond donors (Lipinski definition) is 2. The molecule has 0 aliphatic rings. The predicted octanol–water partition coefficient (Wildman–Crippen LogP) is 3.94. The van der Waals surface area contributed by atoms with Crippen LogP contribution in [0.4, 0.5) is 5.82 Å². The highest BCUT2D eigenvalue weighted by Crippen LogP contribution is 2.26. The van der Waals surface area contributed by atoms with Gasteiger partial charge in [-0.25, -0.2) is 9.97 Å². The van der Waals surface area contributed by atoms with Crippen LogP contribution in [0.15, 0.2) is 61.1 Å². The number of H-pyrrole nitrogens is 1. The van der Waals surface area contributed by atoms with Crippen LogP contribution in [-0.2, 0) is 6.54 Å². The molecule has 0 atom stereocenters. The molecule has 24 heavy (non-hydrogen) atoms. The summed E-state index contributed by atoms with van der Waals surface area (Å²) in [7, 11) is 0. The van der Waals surface area contributed by atoms with E-state index >= 15 is 0 Å². The number of aromatic amines is 1. The highest BCUT2D eigenvalue weighted by molar-refractivity contribution is 5.82. The van der Waals surface area contributed by atoms with Gasteiger partial charge in [0.15, 0.2) is 0 Å². The average Bonchev–Trinajstić information content (AvgIpc) is 3.04. The minimum Gasteiger partial charge on any atom is -0.365 e. The van der Waals surface area contributed by atoms with Crippen LogP contribution < -0.4 is 5.32 Å². The molecule has 5 heteroatoms. The van der Waals surface area contributed by atoms with Gasteiger partial charge in [-0.1, -0.05) is 6.07 Å². The molecule has 118 valence electrons. The van der Waals surface area contributed by atoms with E-state index in [2.05, 4.69) is 39.3 Å². The summed E-state index contributed by atoms with van der Waals surface area (Å²) in [6.45, 7) is 2.76. The van der Waals surface area contributed by atoms with Gasteiger partial charge in [0.2, 0.25) is 0 Å². The molecule has 0 spiro atoms. The van der Waals surface area contributed by atoms with E-state index in [-0.39, 0.29) is 0 Å². The lowest BCUT2D eigenvalue weighted by Crippen LogP contribution is -2.03. The molecule has 0 bridgehead atoms. The van der Waals surface area contributed by atoms with Gasteiger partial charge in [0.25, 0.3) is 0 Å². The number of anilines is 1. The Kier molecular flexibility index (Phi) is 3.67. The summed E-state index contributed by atoms with van der Waals surface area (Å²) in [6, 6.07) is 14.1. The summed E-state index contributed by atoms with van der Waals surface area (Å²) in [5.41, 5.74) is 5.32. The monoisotopic (exact) mass is 315 g/mol. The van der Waals surface area contributed by atoms with E-state index in [9.17, 15) is 0 Å². The van der Waals surface area contributed by atoms with Crippen molar-refractivity contribution < 1.29 is 0 Å². The summed E-state index contributed by atoms with van der Waals surface area (Å²) in [4.78, 5) is 16.6. The van der Waals surface area contributed by atoms with Crippen LogP contribution in [0.5, 0.6) is 0 Å². The molecular formula is C19H17N5. The van der Waals surface area contributed by atoms with Gasteiger partial charge in [-0.15, -0.1) is 0 Å². The Morgan fingerprint density at radius 3 is 2.79 bits per heavy atom. The van der Waals surface area contributed by atoms with E-state index in [0.29, 0.717) is 6.54 Å². The number of aromatic nitrogens is 4. The first-order valence-electron chi connectivity index (χ1n) is 7.84. The maximum absolute atomic E-state index is 4.69. The highest BCUT2D eigenvalue weighted by atomic mass is 15.0. The molecule has 3 heterocycles. The number of aryl methyl sites for hydroxylation is 1. The predicted molar refractivity (Wildman–Crippen MR) is 95.6 cm³/mol. The number of fused-ring (bicyclic) bond motifs is 1. The molecule has 5 nitrogen and oxygen atoms in total. The molecule has 4 rings (SSSR count). The molecule has 0 radical (unpaired) electrons. The van der Waals surface area contributed by atoms with Gasteiger partial charge >= 0.3 is 0 Å². The first kappa shape index (κ1) is 14.4. The number of imidazole rings is 1. The van der Waals surface area contributed by atoms with Crippen LogP contribution in [0.2, 0.25) is 0 Å². The van der Waals surface area contributed by atoms with E-state index in [1.165, 1.54) is 5.56 Å². The third-order valence-corrected chi connectivity index (χ3v) is 3.91. The zero-order valence-corrected chi connectivity index (χ0v) is 13.3. The first-order valence-corrected chi connectivity index (χ1v) is 7.84. The zero-order valence-electron chi connectivity index (χ0n) is 13.3. The van der Waals surface area contributed by atoms with Gasteiger partial charge in [0.1, 0.15) is 11.6 Å². The summed E-state index contributed by atoms with van der Waals surface area (Å²) >= 11 is 0. The summed E-state index contributed by atoms with van der Waals surface area (Å²) < 4.78 is 0. The Hall–Kier alpha value is -3.21. The summed E-state index contributed by atoms with van der Waals surface area (Å²) in [5, 5.41) is 3.38. The normalized spacial score (nSPS) is 10.9. The molecule has 2 N–H and O–H groups in total. The second-order valence-corrected chi connectivity index (χ2v) is 5.71. The largest absolute Gasteiger partial charge is 0.365 e. The molecule has 0 aliphatic heterocycles. The van der Waals surface area contributed by atoms with Crippen molar-refractivity contribution in [1.82, 2.24) is 19.9 Å². The molecule has 0 saturated heterocycles. The van der Waals surface area contributed by atoms with Crippen molar-refractivity contribution in [2.45, 2.75) is 13.5 Å². The van der Waals surface area contributed by atoms with E-state index in [0.717, 1.165) is 33.8 Å². The Labute approximate surface area is 139 Å². The standard InChI is InChI=1S/C19H17N5/c1-13-4-5-16-17(11-13)24-19(23-16)15-3-2-8-21-18(15)22-12-14-6-9-20-10-7-14/h2-11H,12H2,1H3,(H,21,22)(H,23,24). The van der Waals surface area contributed by atoms with Gasteiger partial charge in [0.05, 0.1) is 16.6 Å². The Morgan fingerprint density at radius 1 is 1.04 bits per heavy atom. The van der Waals surface area contributed by atoms with Gasteiger partial charge < -0.3 is 10.3 Å². The molecule has 0 fully saturated rings. The number of hydrogen-bond acceptors (Lipinski definition) is 4. The molecular weight excluding hydrogens is 298 g/mol. The molecule has 4 aromatic rings. The van der Waals surface area contributed by atoms with Crippen LogP contribution in [0, 0.1) is 6.92 Å². The minimum atomic E-state index is 0.686. The quantitative estimate of drug-likeness (QED) is 0.598.